The topological polar surface area (TPSA) is 58.6 Å². The number of benzene rings is 2. The molecule has 0 aliphatic rings. The van der Waals surface area contributed by atoms with Gasteiger partial charge in [0.15, 0.2) is 0 Å². The maximum absolute atomic E-state index is 12.1. The summed E-state index contributed by atoms with van der Waals surface area (Å²) >= 11 is 0. The van der Waals surface area contributed by atoms with Crippen LogP contribution in [-0.4, -0.2) is 31.3 Å². The molecule has 1 unspecified atom stereocenters. The van der Waals surface area contributed by atoms with Gasteiger partial charge in [0.2, 0.25) is 5.91 Å². The lowest BCUT2D eigenvalue weighted by atomic mass is 9.96. The first-order valence-electron chi connectivity index (χ1n) is 7.99. The van der Waals surface area contributed by atoms with E-state index in [2.05, 4.69) is 5.32 Å². The van der Waals surface area contributed by atoms with Crippen molar-refractivity contribution in [3.8, 4) is 5.75 Å². The van der Waals surface area contributed by atoms with E-state index in [0.717, 1.165) is 16.9 Å². The zero-order valence-corrected chi connectivity index (χ0v) is 13.8. The summed E-state index contributed by atoms with van der Waals surface area (Å²) in [6.07, 6.45) is 3.84. The van der Waals surface area contributed by atoms with Gasteiger partial charge in [-0.05, 0) is 24.1 Å². The van der Waals surface area contributed by atoms with E-state index in [1.165, 1.54) is 6.08 Å². The quantitative estimate of drug-likeness (QED) is 0.734. The summed E-state index contributed by atoms with van der Waals surface area (Å²) in [7, 11) is 1.60. The van der Waals surface area contributed by atoms with Gasteiger partial charge >= 0.3 is 0 Å². The Balaban J connectivity index is 1.95. The van der Waals surface area contributed by atoms with Crippen molar-refractivity contribution in [3.63, 3.8) is 0 Å². The zero-order valence-electron chi connectivity index (χ0n) is 13.8. The highest BCUT2D eigenvalue weighted by atomic mass is 16.5. The van der Waals surface area contributed by atoms with Gasteiger partial charge in [0.1, 0.15) is 5.75 Å². The Morgan fingerprint density at radius 3 is 2.58 bits per heavy atom. The molecule has 0 aromatic heterocycles. The lowest BCUT2D eigenvalue weighted by Gasteiger charge is -2.16. The second-order valence-electron chi connectivity index (χ2n) is 5.44. The number of amides is 1. The summed E-state index contributed by atoms with van der Waals surface area (Å²) in [4.78, 5) is 12.1. The molecule has 4 heteroatoms. The Morgan fingerprint density at radius 1 is 1.17 bits per heavy atom. The Hall–Kier alpha value is -2.59. The highest BCUT2D eigenvalue weighted by Gasteiger charge is 2.11. The number of carbonyl (C=O) groups is 1. The Bertz CT molecular complexity index is 668. The summed E-state index contributed by atoms with van der Waals surface area (Å²) in [5, 5.41) is 12.1. The van der Waals surface area contributed by atoms with E-state index in [1.54, 1.807) is 13.2 Å². The third kappa shape index (κ3) is 5.25. The Labute approximate surface area is 142 Å². The van der Waals surface area contributed by atoms with E-state index in [-0.39, 0.29) is 18.4 Å². The molecule has 1 atom stereocenters. The monoisotopic (exact) mass is 325 g/mol. The number of para-hydroxylation sites is 1. The second kappa shape index (κ2) is 9.53. The van der Waals surface area contributed by atoms with Crippen LogP contribution in [0, 0.1) is 0 Å². The number of hydrogen-bond acceptors (Lipinski definition) is 3. The third-order valence-electron chi connectivity index (χ3n) is 3.82. The van der Waals surface area contributed by atoms with E-state index in [0.29, 0.717) is 13.0 Å². The van der Waals surface area contributed by atoms with Crippen molar-refractivity contribution < 1.29 is 14.6 Å². The van der Waals surface area contributed by atoms with Crippen LogP contribution < -0.4 is 10.1 Å². The van der Waals surface area contributed by atoms with Crippen LogP contribution in [0.2, 0.25) is 0 Å². The number of methoxy groups -OCH3 is 1. The van der Waals surface area contributed by atoms with Crippen molar-refractivity contribution in [1.82, 2.24) is 5.32 Å². The minimum Gasteiger partial charge on any atom is -0.496 e. The summed E-state index contributed by atoms with van der Waals surface area (Å²) in [6, 6.07) is 17.4. The fourth-order valence-corrected chi connectivity index (χ4v) is 2.52. The maximum Gasteiger partial charge on any atom is 0.244 e. The summed E-state index contributed by atoms with van der Waals surface area (Å²) in [6.45, 7) is 0.576. The molecule has 0 saturated carbocycles. The maximum atomic E-state index is 12.1. The number of aliphatic hydroxyl groups is 1. The largest absolute Gasteiger partial charge is 0.496 e. The fraction of sp³-hybridized carbons (Fsp3) is 0.250. The molecular weight excluding hydrogens is 302 g/mol. The van der Waals surface area contributed by atoms with Gasteiger partial charge in [0.25, 0.3) is 0 Å². The molecule has 0 aliphatic carbocycles. The van der Waals surface area contributed by atoms with Gasteiger partial charge in [-0.25, -0.2) is 0 Å². The molecule has 126 valence electrons. The Kier molecular flexibility index (Phi) is 7.05. The van der Waals surface area contributed by atoms with Crippen molar-refractivity contribution in [2.75, 3.05) is 20.3 Å². The molecule has 4 nitrogen and oxygen atoms in total. The number of hydrogen-bond donors (Lipinski definition) is 2. The Morgan fingerprint density at radius 2 is 1.88 bits per heavy atom. The van der Waals surface area contributed by atoms with Crippen LogP contribution in [0.15, 0.2) is 60.7 Å². The summed E-state index contributed by atoms with van der Waals surface area (Å²) in [5.41, 5.74) is 1.96. The molecule has 0 spiro atoms. The standard InChI is InChI=1S/C20H23NO3/c1-24-19-10-6-5-9-17(19)11-12-20(23)21-15-18(13-14-22)16-7-3-2-4-8-16/h2-12,18,22H,13-15H2,1H3,(H,21,23)/b12-11+. The second-order valence-corrected chi connectivity index (χ2v) is 5.44. The lowest BCUT2D eigenvalue weighted by Crippen LogP contribution is -2.27. The molecule has 0 fully saturated rings. The number of ether oxygens (including phenoxy) is 1. The molecule has 2 rings (SSSR count). The summed E-state index contributed by atoms with van der Waals surface area (Å²) < 4.78 is 5.25. The predicted molar refractivity (Wildman–Crippen MR) is 95.9 cm³/mol. The average Bonchev–Trinajstić information content (AvgIpc) is 2.64. The van der Waals surface area contributed by atoms with Gasteiger partial charge in [0, 0.05) is 30.7 Å². The molecule has 2 aromatic rings. The van der Waals surface area contributed by atoms with Crippen molar-refractivity contribution in [2.45, 2.75) is 12.3 Å². The van der Waals surface area contributed by atoms with Crippen molar-refractivity contribution >= 4 is 12.0 Å². The number of carbonyl (C=O) groups excluding carboxylic acids is 1. The zero-order chi connectivity index (χ0) is 17.2. The van der Waals surface area contributed by atoms with Gasteiger partial charge in [-0.2, -0.15) is 0 Å². The first-order valence-corrected chi connectivity index (χ1v) is 7.99. The number of rotatable bonds is 8. The van der Waals surface area contributed by atoms with Crippen LogP contribution in [-0.2, 0) is 4.79 Å². The van der Waals surface area contributed by atoms with E-state index < -0.39 is 0 Å². The van der Waals surface area contributed by atoms with E-state index in [9.17, 15) is 9.90 Å². The minimum atomic E-state index is -0.167. The number of aliphatic hydroxyl groups excluding tert-OH is 1. The summed E-state index contributed by atoms with van der Waals surface area (Å²) in [5.74, 6) is 0.656. The molecule has 0 heterocycles. The molecule has 1 amide bonds. The van der Waals surface area contributed by atoms with Gasteiger partial charge < -0.3 is 15.2 Å². The van der Waals surface area contributed by atoms with Crippen LogP contribution in [0.4, 0.5) is 0 Å². The highest BCUT2D eigenvalue weighted by Crippen LogP contribution is 2.19. The molecule has 0 radical (unpaired) electrons. The molecular formula is C20H23NO3. The average molecular weight is 325 g/mol. The van der Waals surface area contributed by atoms with Crippen molar-refractivity contribution in [3.05, 3.63) is 71.8 Å². The third-order valence-corrected chi connectivity index (χ3v) is 3.82. The van der Waals surface area contributed by atoms with Crippen molar-refractivity contribution in [1.29, 1.82) is 0 Å². The molecule has 2 N–H and O–H groups in total. The van der Waals surface area contributed by atoms with Crippen LogP contribution in [0.1, 0.15) is 23.5 Å². The van der Waals surface area contributed by atoms with E-state index in [4.69, 9.17) is 4.74 Å². The van der Waals surface area contributed by atoms with Gasteiger partial charge in [0.05, 0.1) is 7.11 Å². The predicted octanol–water partition coefficient (Wildman–Crippen LogP) is 2.99. The minimum absolute atomic E-state index is 0.0898. The van der Waals surface area contributed by atoms with Crippen LogP contribution >= 0.6 is 0 Å². The van der Waals surface area contributed by atoms with Crippen LogP contribution in [0.25, 0.3) is 6.08 Å². The molecule has 0 bridgehead atoms. The molecule has 0 aliphatic heterocycles. The van der Waals surface area contributed by atoms with Crippen LogP contribution in [0.3, 0.4) is 0 Å². The smallest absolute Gasteiger partial charge is 0.244 e. The lowest BCUT2D eigenvalue weighted by molar-refractivity contribution is -0.116. The van der Waals surface area contributed by atoms with E-state index >= 15 is 0 Å². The molecule has 24 heavy (non-hydrogen) atoms. The number of nitrogens with one attached hydrogen (secondary N) is 1. The normalized spacial score (nSPS) is 12.1. The highest BCUT2D eigenvalue weighted by molar-refractivity contribution is 5.92. The van der Waals surface area contributed by atoms with Gasteiger partial charge in [-0.3, -0.25) is 4.79 Å². The first-order chi connectivity index (χ1) is 11.7. The first kappa shape index (κ1) is 17.8. The molecule has 0 saturated heterocycles. The fourth-order valence-electron chi connectivity index (χ4n) is 2.52. The van der Waals surface area contributed by atoms with Gasteiger partial charge in [-0.15, -0.1) is 0 Å². The van der Waals surface area contributed by atoms with Gasteiger partial charge in [-0.1, -0.05) is 48.5 Å². The molecule has 2 aromatic carbocycles. The van der Waals surface area contributed by atoms with E-state index in [1.807, 2.05) is 54.6 Å². The van der Waals surface area contributed by atoms with Crippen molar-refractivity contribution in [2.24, 2.45) is 0 Å². The SMILES string of the molecule is COc1ccccc1/C=C/C(=O)NCC(CCO)c1ccccc1. The van der Waals surface area contributed by atoms with Crippen LogP contribution in [0.5, 0.6) is 5.75 Å².